The number of ketones is 1. The number of hydrogen-bond acceptors (Lipinski definition) is 1. The van der Waals surface area contributed by atoms with Gasteiger partial charge in [0.15, 0.2) is 5.78 Å². The topological polar surface area (TPSA) is 17.1 Å². The lowest BCUT2D eigenvalue weighted by Gasteiger charge is -2.03. The molecule has 2 heteroatoms. The molecule has 0 aromatic heterocycles. The van der Waals surface area contributed by atoms with Gasteiger partial charge in [-0.2, -0.15) is 0 Å². The van der Waals surface area contributed by atoms with Gasteiger partial charge in [-0.1, -0.05) is 55.0 Å². The third-order valence-corrected chi connectivity index (χ3v) is 4.12. The first kappa shape index (κ1) is 14.0. The summed E-state index contributed by atoms with van der Waals surface area (Å²) in [7, 11) is 0. The average Bonchev–Trinajstić information content (AvgIpc) is 2.69. The lowest BCUT2D eigenvalue weighted by molar-refractivity contribution is -0.114. The Balaban J connectivity index is 2.15. The maximum absolute atomic E-state index is 11.5. The number of allylic oxidation sites excluding steroid dienone is 2. The molecular formula is C14H23BrO. The van der Waals surface area contributed by atoms with Crippen LogP contribution in [-0.2, 0) is 4.79 Å². The second kappa shape index (κ2) is 8.05. The molecule has 1 rings (SSSR count). The first-order valence-corrected chi connectivity index (χ1v) is 7.45. The first-order chi connectivity index (χ1) is 7.75. The zero-order chi connectivity index (χ0) is 11.8. The summed E-state index contributed by atoms with van der Waals surface area (Å²) in [5.74, 6) is 0.373. The molecule has 0 bridgehead atoms. The third kappa shape index (κ3) is 4.82. The van der Waals surface area contributed by atoms with E-state index in [2.05, 4.69) is 22.9 Å². The number of hydrogen-bond donors (Lipinski definition) is 0. The monoisotopic (exact) mass is 286 g/mol. The highest BCUT2D eigenvalue weighted by Gasteiger charge is 2.19. The average molecular weight is 287 g/mol. The number of carbonyl (C=O) groups excluding carboxylic acids is 1. The van der Waals surface area contributed by atoms with Gasteiger partial charge < -0.3 is 0 Å². The Morgan fingerprint density at radius 2 is 1.81 bits per heavy atom. The first-order valence-electron chi connectivity index (χ1n) is 6.66. The van der Waals surface area contributed by atoms with Gasteiger partial charge in [0.05, 0.1) is 0 Å². The van der Waals surface area contributed by atoms with Crippen molar-refractivity contribution in [3.63, 3.8) is 0 Å². The normalized spacial score (nSPS) is 19.2. The van der Waals surface area contributed by atoms with Crippen molar-refractivity contribution in [1.82, 2.24) is 0 Å². The van der Waals surface area contributed by atoms with Crippen LogP contribution < -0.4 is 0 Å². The second-order valence-electron chi connectivity index (χ2n) is 4.68. The molecule has 0 aromatic carbocycles. The van der Waals surface area contributed by atoms with E-state index in [0.717, 1.165) is 31.3 Å². The number of rotatable bonds is 7. The minimum atomic E-state index is 0.373. The smallest absolute Gasteiger partial charge is 0.159 e. The number of halogens is 1. The summed E-state index contributed by atoms with van der Waals surface area (Å²) in [4.78, 5) is 11.5. The second-order valence-corrected chi connectivity index (χ2v) is 5.64. The van der Waals surface area contributed by atoms with Crippen LogP contribution in [0.4, 0.5) is 0 Å². The van der Waals surface area contributed by atoms with E-state index >= 15 is 0 Å². The predicted molar refractivity (Wildman–Crippen MR) is 72.8 cm³/mol. The van der Waals surface area contributed by atoms with Gasteiger partial charge in [0.25, 0.3) is 0 Å². The van der Waals surface area contributed by atoms with E-state index in [4.69, 9.17) is 0 Å². The molecule has 0 saturated heterocycles. The zero-order valence-corrected chi connectivity index (χ0v) is 11.9. The fraction of sp³-hybridized carbons (Fsp3) is 0.786. The predicted octanol–water partition coefficient (Wildman–Crippen LogP) is 5.14. The SMILES string of the molecule is CCCCCCCC/C(Br)=C1/CCCC1=O. The van der Waals surface area contributed by atoms with Crippen molar-refractivity contribution in [1.29, 1.82) is 0 Å². The molecule has 0 unspecified atom stereocenters. The largest absolute Gasteiger partial charge is 0.295 e. The number of Topliss-reactive ketones (excluding diaryl/α,β-unsaturated/α-hetero) is 1. The molecule has 1 aliphatic carbocycles. The summed E-state index contributed by atoms with van der Waals surface area (Å²) in [6.07, 6.45) is 11.8. The molecule has 0 spiro atoms. The lowest BCUT2D eigenvalue weighted by atomic mass is 10.1. The molecule has 1 fully saturated rings. The Kier molecular flexibility index (Phi) is 7.02. The highest BCUT2D eigenvalue weighted by Crippen LogP contribution is 2.29. The Morgan fingerprint density at radius 1 is 1.12 bits per heavy atom. The van der Waals surface area contributed by atoms with Crippen molar-refractivity contribution in [2.75, 3.05) is 0 Å². The molecule has 1 saturated carbocycles. The molecule has 16 heavy (non-hydrogen) atoms. The minimum absolute atomic E-state index is 0.373. The van der Waals surface area contributed by atoms with Crippen molar-refractivity contribution in [3.8, 4) is 0 Å². The molecular weight excluding hydrogens is 264 g/mol. The molecule has 1 aliphatic rings. The van der Waals surface area contributed by atoms with E-state index in [1.165, 1.54) is 43.0 Å². The van der Waals surface area contributed by atoms with E-state index in [1.807, 2.05) is 0 Å². The van der Waals surface area contributed by atoms with E-state index in [0.29, 0.717) is 5.78 Å². The van der Waals surface area contributed by atoms with Gasteiger partial charge >= 0.3 is 0 Å². The van der Waals surface area contributed by atoms with Crippen molar-refractivity contribution in [3.05, 3.63) is 10.1 Å². The highest BCUT2D eigenvalue weighted by molar-refractivity contribution is 9.11. The molecule has 92 valence electrons. The molecule has 0 aliphatic heterocycles. The van der Waals surface area contributed by atoms with E-state index in [-0.39, 0.29) is 0 Å². The summed E-state index contributed by atoms with van der Waals surface area (Å²) in [6, 6.07) is 0. The maximum Gasteiger partial charge on any atom is 0.159 e. The van der Waals surface area contributed by atoms with Gasteiger partial charge in [-0.15, -0.1) is 0 Å². The van der Waals surface area contributed by atoms with E-state index in [9.17, 15) is 4.79 Å². The Labute approximate surface area is 108 Å². The molecule has 0 amide bonds. The molecule has 1 nitrogen and oxygen atoms in total. The van der Waals surface area contributed by atoms with Gasteiger partial charge in [-0.05, 0) is 25.7 Å². The van der Waals surface area contributed by atoms with Crippen molar-refractivity contribution in [2.24, 2.45) is 0 Å². The molecule has 0 radical (unpaired) electrons. The fourth-order valence-corrected chi connectivity index (χ4v) is 2.91. The van der Waals surface area contributed by atoms with Crippen LogP contribution in [-0.4, -0.2) is 5.78 Å². The zero-order valence-electron chi connectivity index (χ0n) is 10.4. The van der Waals surface area contributed by atoms with Crippen LogP contribution in [0.1, 0.15) is 71.1 Å². The van der Waals surface area contributed by atoms with Gasteiger partial charge in [-0.3, -0.25) is 4.79 Å². The van der Waals surface area contributed by atoms with E-state index < -0.39 is 0 Å². The van der Waals surface area contributed by atoms with Crippen LogP contribution in [0.2, 0.25) is 0 Å². The molecule has 0 heterocycles. The number of unbranched alkanes of at least 4 members (excludes halogenated alkanes) is 5. The van der Waals surface area contributed by atoms with Gasteiger partial charge in [0.2, 0.25) is 0 Å². The standard InChI is InChI=1S/C14H23BrO/c1-2-3-4-5-6-7-10-13(15)12-9-8-11-14(12)16/h2-11H2,1H3/b13-12+. The Hall–Kier alpha value is -0.110. The van der Waals surface area contributed by atoms with Crippen molar-refractivity contribution >= 4 is 21.7 Å². The molecule has 0 atom stereocenters. The quantitative estimate of drug-likeness (QED) is 0.468. The van der Waals surface area contributed by atoms with Gasteiger partial charge in [0.1, 0.15) is 0 Å². The van der Waals surface area contributed by atoms with Crippen molar-refractivity contribution < 1.29 is 4.79 Å². The van der Waals surface area contributed by atoms with Crippen LogP contribution in [0.25, 0.3) is 0 Å². The summed E-state index contributed by atoms with van der Waals surface area (Å²) >= 11 is 3.59. The van der Waals surface area contributed by atoms with Crippen LogP contribution in [0, 0.1) is 0 Å². The van der Waals surface area contributed by atoms with Crippen LogP contribution >= 0.6 is 15.9 Å². The van der Waals surface area contributed by atoms with Gasteiger partial charge in [-0.25, -0.2) is 0 Å². The van der Waals surface area contributed by atoms with Gasteiger partial charge in [0, 0.05) is 16.5 Å². The van der Waals surface area contributed by atoms with E-state index in [1.54, 1.807) is 0 Å². The minimum Gasteiger partial charge on any atom is -0.295 e. The molecule has 0 N–H and O–H groups in total. The third-order valence-electron chi connectivity index (χ3n) is 3.24. The summed E-state index contributed by atoms with van der Waals surface area (Å²) < 4.78 is 1.19. The summed E-state index contributed by atoms with van der Waals surface area (Å²) in [5, 5.41) is 0. The van der Waals surface area contributed by atoms with Crippen LogP contribution in [0.15, 0.2) is 10.1 Å². The Bertz CT molecular complexity index is 255. The highest BCUT2D eigenvalue weighted by atomic mass is 79.9. The fourth-order valence-electron chi connectivity index (χ4n) is 2.21. The van der Waals surface area contributed by atoms with Crippen LogP contribution in [0.3, 0.4) is 0 Å². The molecule has 0 aromatic rings. The Morgan fingerprint density at radius 3 is 2.44 bits per heavy atom. The number of carbonyl (C=O) groups is 1. The van der Waals surface area contributed by atoms with Crippen molar-refractivity contribution in [2.45, 2.75) is 71.1 Å². The lowest BCUT2D eigenvalue weighted by Crippen LogP contribution is -1.94. The van der Waals surface area contributed by atoms with Crippen LogP contribution in [0.5, 0.6) is 0 Å². The summed E-state index contributed by atoms with van der Waals surface area (Å²) in [6.45, 7) is 2.24. The maximum atomic E-state index is 11.5. The summed E-state index contributed by atoms with van der Waals surface area (Å²) in [5.41, 5.74) is 1.08.